The fourth-order valence-corrected chi connectivity index (χ4v) is 4.49. The van der Waals surface area contributed by atoms with Gasteiger partial charge in [-0.1, -0.05) is 49.4 Å². The Morgan fingerprint density at radius 3 is 2.39 bits per heavy atom. The van der Waals surface area contributed by atoms with Crippen LogP contribution in [0.5, 0.6) is 0 Å². The zero-order valence-corrected chi connectivity index (χ0v) is 18.9. The molecule has 0 aliphatic carbocycles. The van der Waals surface area contributed by atoms with Gasteiger partial charge in [0.25, 0.3) is 5.56 Å². The SMILES string of the molecule is CC(c1ccccc1)c1nccc(-c2c(-c3ccc(F)cc3)c(=O)n3n2CC(N(C)C)C3)n1. The summed E-state index contributed by atoms with van der Waals surface area (Å²) in [6.07, 6.45) is 1.75. The summed E-state index contributed by atoms with van der Waals surface area (Å²) in [6.45, 7) is 3.35. The molecule has 0 saturated heterocycles. The van der Waals surface area contributed by atoms with E-state index in [1.165, 1.54) is 12.1 Å². The Labute approximate surface area is 191 Å². The Kier molecular flexibility index (Phi) is 5.42. The summed E-state index contributed by atoms with van der Waals surface area (Å²) in [5.41, 5.74) is 3.71. The van der Waals surface area contributed by atoms with E-state index < -0.39 is 0 Å². The van der Waals surface area contributed by atoms with E-state index in [1.807, 2.05) is 43.0 Å². The van der Waals surface area contributed by atoms with E-state index in [2.05, 4.69) is 28.9 Å². The second-order valence-corrected chi connectivity index (χ2v) is 8.75. The van der Waals surface area contributed by atoms with Crippen LogP contribution in [0.4, 0.5) is 4.39 Å². The topological polar surface area (TPSA) is 56.0 Å². The molecule has 2 atom stereocenters. The van der Waals surface area contributed by atoms with Gasteiger partial charge in [-0.2, -0.15) is 0 Å². The Hall–Kier alpha value is -3.58. The number of hydrogen-bond acceptors (Lipinski definition) is 4. The monoisotopic (exact) mass is 443 g/mol. The third-order valence-electron chi connectivity index (χ3n) is 6.47. The van der Waals surface area contributed by atoms with Crippen molar-refractivity contribution >= 4 is 0 Å². The number of rotatable bonds is 5. The van der Waals surface area contributed by atoms with Crippen molar-refractivity contribution in [1.82, 2.24) is 24.2 Å². The molecule has 0 radical (unpaired) electrons. The van der Waals surface area contributed by atoms with E-state index in [4.69, 9.17) is 4.98 Å². The minimum atomic E-state index is -0.333. The van der Waals surface area contributed by atoms with Crippen molar-refractivity contribution in [2.75, 3.05) is 14.1 Å². The zero-order valence-electron chi connectivity index (χ0n) is 18.9. The molecular formula is C26H26FN5O. The smallest absolute Gasteiger partial charge is 0.275 e. The van der Waals surface area contributed by atoms with Crippen LogP contribution < -0.4 is 5.56 Å². The fourth-order valence-electron chi connectivity index (χ4n) is 4.49. The molecule has 5 rings (SSSR count). The lowest BCUT2D eigenvalue weighted by atomic mass is 10.00. The molecule has 2 aromatic carbocycles. The first-order valence-electron chi connectivity index (χ1n) is 11.1. The Balaban J connectivity index is 1.67. The highest BCUT2D eigenvalue weighted by Gasteiger charge is 2.32. The zero-order chi connectivity index (χ0) is 23.1. The quantitative estimate of drug-likeness (QED) is 0.468. The van der Waals surface area contributed by atoms with Crippen molar-refractivity contribution in [3.63, 3.8) is 0 Å². The predicted octanol–water partition coefficient (Wildman–Crippen LogP) is 4.01. The summed E-state index contributed by atoms with van der Waals surface area (Å²) >= 11 is 0. The van der Waals surface area contributed by atoms with Gasteiger partial charge in [-0.25, -0.2) is 19.0 Å². The number of aromatic nitrogens is 4. The first-order chi connectivity index (χ1) is 15.9. The molecule has 0 fully saturated rings. The molecule has 0 spiro atoms. The number of nitrogens with zero attached hydrogens (tertiary/aromatic N) is 5. The van der Waals surface area contributed by atoms with Gasteiger partial charge in [-0.05, 0) is 43.4 Å². The molecule has 33 heavy (non-hydrogen) atoms. The molecule has 7 heteroatoms. The summed E-state index contributed by atoms with van der Waals surface area (Å²) in [7, 11) is 4.04. The molecule has 4 aromatic rings. The van der Waals surface area contributed by atoms with Crippen molar-refractivity contribution in [3.05, 3.63) is 94.4 Å². The largest absolute Gasteiger partial charge is 0.303 e. The van der Waals surface area contributed by atoms with Gasteiger partial charge in [-0.3, -0.25) is 9.48 Å². The van der Waals surface area contributed by atoms with E-state index in [0.29, 0.717) is 35.7 Å². The van der Waals surface area contributed by atoms with Crippen LogP contribution >= 0.6 is 0 Å². The Morgan fingerprint density at radius 2 is 1.70 bits per heavy atom. The molecular weight excluding hydrogens is 417 g/mol. The maximum absolute atomic E-state index is 13.6. The number of hydrogen-bond donors (Lipinski definition) is 0. The summed E-state index contributed by atoms with van der Waals surface area (Å²) < 4.78 is 17.4. The molecule has 0 bridgehead atoms. The highest BCUT2D eigenvalue weighted by Crippen LogP contribution is 2.33. The molecule has 168 valence electrons. The van der Waals surface area contributed by atoms with Crippen molar-refractivity contribution in [2.24, 2.45) is 0 Å². The summed E-state index contributed by atoms with van der Waals surface area (Å²) in [6, 6.07) is 18.3. The number of benzene rings is 2. The minimum absolute atomic E-state index is 0.00216. The van der Waals surface area contributed by atoms with Crippen LogP contribution in [-0.2, 0) is 13.1 Å². The third kappa shape index (κ3) is 3.78. The second-order valence-electron chi connectivity index (χ2n) is 8.75. The molecule has 0 N–H and O–H groups in total. The lowest BCUT2D eigenvalue weighted by molar-refractivity contribution is 0.283. The van der Waals surface area contributed by atoms with Gasteiger partial charge in [-0.15, -0.1) is 0 Å². The van der Waals surface area contributed by atoms with Crippen molar-refractivity contribution < 1.29 is 4.39 Å². The summed E-state index contributed by atoms with van der Waals surface area (Å²) in [4.78, 5) is 25.1. The number of halogens is 1. The van der Waals surface area contributed by atoms with Crippen LogP contribution in [0.3, 0.4) is 0 Å². The summed E-state index contributed by atoms with van der Waals surface area (Å²) in [5.74, 6) is 0.363. The molecule has 2 aromatic heterocycles. The van der Waals surface area contributed by atoms with Crippen LogP contribution in [0.25, 0.3) is 22.5 Å². The van der Waals surface area contributed by atoms with Gasteiger partial charge in [0.15, 0.2) is 0 Å². The lowest BCUT2D eigenvalue weighted by Crippen LogP contribution is -2.31. The first-order valence-corrected chi connectivity index (χ1v) is 11.1. The van der Waals surface area contributed by atoms with Crippen molar-refractivity contribution in [3.8, 4) is 22.5 Å². The standard InChI is InChI=1S/C26H26FN5O/c1-17(18-7-5-4-6-8-18)25-28-14-13-22(29-25)24-23(19-9-11-20(27)12-10-19)26(33)32-16-21(30(2)3)15-31(24)32/h4-14,17,21H,15-16H2,1-3H3. The average Bonchev–Trinajstić information content (AvgIpc) is 3.38. The molecule has 3 heterocycles. The van der Waals surface area contributed by atoms with Crippen molar-refractivity contribution in [2.45, 2.75) is 32.0 Å². The van der Waals surface area contributed by atoms with Gasteiger partial charge in [0, 0.05) is 18.2 Å². The van der Waals surface area contributed by atoms with Gasteiger partial charge in [0.1, 0.15) is 11.6 Å². The van der Waals surface area contributed by atoms with Gasteiger partial charge in [0.05, 0.1) is 30.0 Å². The number of fused-ring (bicyclic) bond motifs is 1. The molecule has 2 unspecified atom stereocenters. The van der Waals surface area contributed by atoms with Crippen LogP contribution in [0.1, 0.15) is 24.2 Å². The minimum Gasteiger partial charge on any atom is -0.303 e. The van der Waals surface area contributed by atoms with Crippen LogP contribution in [0.2, 0.25) is 0 Å². The van der Waals surface area contributed by atoms with Gasteiger partial charge in [0.2, 0.25) is 0 Å². The van der Waals surface area contributed by atoms with Crippen LogP contribution in [0.15, 0.2) is 71.7 Å². The highest BCUT2D eigenvalue weighted by molar-refractivity contribution is 5.79. The average molecular weight is 444 g/mol. The normalized spacial score (nSPS) is 16.2. The van der Waals surface area contributed by atoms with Crippen LogP contribution in [-0.4, -0.2) is 44.4 Å². The lowest BCUT2D eigenvalue weighted by Gasteiger charge is -2.18. The molecule has 0 saturated carbocycles. The maximum atomic E-state index is 13.6. The van der Waals surface area contributed by atoms with Gasteiger partial charge < -0.3 is 4.90 Å². The molecule has 1 aliphatic rings. The highest BCUT2D eigenvalue weighted by atomic mass is 19.1. The van der Waals surface area contributed by atoms with E-state index in [-0.39, 0.29) is 23.3 Å². The van der Waals surface area contributed by atoms with E-state index in [9.17, 15) is 9.18 Å². The number of likely N-dealkylation sites (N-methyl/N-ethyl adjacent to an activating group) is 1. The summed E-state index contributed by atoms with van der Waals surface area (Å²) in [5, 5.41) is 0. The Bertz CT molecular complexity index is 1340. The third-order valence-corrected chi connectivity index (χ3v) is 6.47. The maximum Gasteiger partial charge on any atom is 0.275 e. The van der Waals surface area contributed by atoms with E-state index >= 15 is 0 Å². The van der Waals surface area contributed by atoms with E-state index in [0.717, 1.165) is 11.3 Å². The Morgan fingerprint density at radius 1 is 1.00 bits per heavy atom. The molecule has 6 nitrogen and oxygen atoms in total. The second kappa shape index (κ2) is 8.41. The predicted molar refractivity (Wildman–Crippen MR) is 127 cm³/mol. The van der Waals surface area contributed by atoms with Gasteiger partial charge >= 0.3 is 0 Å². The van der Waals surface area contributed by atoms with Crippen molar-refractivity contribution in [1.29, 1.82) is 0 Å². The van der Waals surface area contributed by atoms with Crippen LogP contribution in [0, 0.1) is 5.82 Å². The van der Waals surface area contributed by atoms with E-state index in [1.54, 1.807) is 23.0 Å². The fraction of sp³-hybridized carbons (Fsp3) is 0.269. The molecule has 0 amide bonds. The molecule has 1 aliphatic heterocycles. The first kappa shape index (κ1) is 21.3.